The Hall–Kier alpha value is -6.13. The number of furan rings is 1. The molecule has 2 aromatic heterocycles. The number of fused-ring (bicyclic) bond motifs is 6. The average Bonchev–Trinajstić information content (AvgIpc) is 3.60. The van der Waals surface area contributed by atoms with Crippen molar-refractivity contribution >= 4 is 43.5 Å². The summed E-state index contributed by atoms with van der Waals surface area (Å²) < 4.78 is 84.6. The number of benzene rings is 7. The minimum absolute atomic E-state index is 0.0197. The van der Waals surface area contributed by atoms with E-state index in [4.69, 9.17) is 31.7 Å². The molecule has 0 fully saturated rings. The minimum Gasteiger partial charge on any atom is -0.455 e. The number of rotatable bonds is 4. The van der Waals surface area contributed by atoms with E-state index in [-0.39, 0.29) is 55.7 Å². The fraction of sp³-hybridized carbons (Fsp3) is 0. The standard InChI is InChI=1S/C41H25N3O/c1-2-12-29(13-3-1)39-42-40(30-22-20-28(21-23-30)32-17-8-14-26-10-4-6-15-31(26)32)44-41(43-39)35-18-9-19-36-37(35)34-25-24-27-11-5-7-16-33(27)38(34)45-36/h1-25H/i5D,7D,9D,11D,16D,18D,19D,24D,25D. The van der Waals surface area contributed by atoms with E-state index in [9.17, 15) is 0 Å². The van der Waals surface area contributed by atoms with Crippen LogP contribution in [0.25, 0.3) is 88.8 Å². The maximum atomic E-state index is 9.16. The molecule has 0 radical (unpaired) electrons. The summed E-state index contributed by atoms with van der Waals surface area (Å²) >= 11 is 0. The SMILES string of the molecule is [2H]c1c([2H])c(-c2nc(-c3ccccc3)nc(-c3ccc(-c4cccc5ccccc45)cc3)n2)c2c(oc3c4c([2H])c([2H])c([2H])c([2H])c4c([2H])c([2H])c32)c1[2H]. The first-order chi connectivity index (χ1) is 26.0. The third kappa shape index (κ3) is 4.27. The second-order valence-corrected chi connectivity index (χ2v) is 10.5. The third-order valence-electron chi connectivity index (χ3n) is 7.88. The van der Waals surface area contributed by atoms with E-state index in [0.717, 1.165) is 21.9 Å². The van der Waals surface area contributed by atoms with Gasteiger partial charge in [-0.1, -0.05) is 139 Å². The molecule has 0 aliphatic carbocycles. The molecule has 45 heavy (non-hydrogen) atoms. The molecular formula is C41H25N3O. The van der Waals surface area contributed by atoms with Gasteiger partial charge in [0.25, 0.3) is 0 Å². The molecule has 0 amide bonds. The molecule has 9 aromatic rings. The fourth-order valence-corrected chi connectivity index (χ4v) is 5.74. The minimum atomic E-state index is -0.559. The number of nitrogens with zero attached hydrogens (tertiary/aromatic N) is 3. The highest BCUT2D eigenvalue weighted by Crippen LogP contribution is 2.39. The van der Waals surface area contributed by atoms with Gasteiger partial charge in [0.05, 0.1) is 12.3 Å². The molecule has 4 heteroatoms. The van der Waals surface area contributed by atoms with E-state index >= 15 is 0 Å². The lowest BCUT2D eigenvalue weighted by Gasteiger charge is -2.10. The Labute approximate surface area is 271 Å². The molecule has 7 aromatic carbocycles. The van der Waals surface area contributed by atoms with Gasteiger partial charge < -0.3 is 4.42 Å². The molecule has 210 valence electrons. The van der Waals surface area contributed by atoms with Crippen LogP contribution in [0.2, 0.25) is 0 Å². The summed E-state index contributed by atoms with van der Waals surface area (Å²) in [5.41, 5.74) is 2.94. The topological polar surface area (TPSA) is 51.8 Å². The van der Waals surface area contributed by atoms with Crippen molar-refractivity contribution in [3.8, 4) is 45.3 Å². The second kappa shape index (κ2) is 10.2. The van der Waals surface area contributed by atoms with Gasteiger partial charge >= 0.3 is 0 Å². The zero-order valence-corrected chi connectivity index (χ0v) is 23.5. The number of hydrogen-bond donors (Lipinski definition) is 0. The highest BCUT2D eigenvalue weighted by molar-refractivity contribution is 6.18. The van der Waals surface area contributed by atoms with E-state index < -0.39 is 54.4 Å². The van der Waals surface area contributed by atoms with Crippen molar-refractivity contribution in [3.63, 3.8) is 0 Å². The number of aromatic nitrogens is 3. The van der Waals surface area contributed by atoms with Gasteiger partial charge in [-0.3, -0.25) is 0 Å². The Balaban J connectivity index is 1.33. The molecule has 0 aliphatic heterocycles. The molecule has 0 atom stereocenters. The van der Waals surface area contributed by atoms with Crippen molar-refractivity contribution in [3.05, 3.63) is 151 Å². The molecule has 0 N–H and O–H groups in total. The molecule has 4 nitrogen and oxygen atoms in total. The summed E-state index contributed by atoms with van der Waals surface area (Å²) in [6, 6.07) is 26.8. The fourth-order valence-electron chi connectivity index (χ4n) is 5.74. The van der Waals surface area contributed by atoms with Crippen LogP contribution in [0.4, 0.5) is 0 Å². The van der Waals surface area contributed by atoms with Crippen molar-refractivity contribution in [2.24, 2.45) is 0 Å². The molecule has 0 unspecified atom stereocenters. The summed E-state index contributed by atoms with van der Waals surface area (Å²) in [5.74, 6) is 0.489. The van der Waals surface area contributed by atoms with Crippen molar-refractivity contribution in [2.45, 2.75) is 0 Å². The Kier molecular flexibility index (Phi) is 4.07. The van der Waals surface area contributed by atoms with Gasteiger partial charge in [-0.2, -0.15) is 0 Å². The third-order valence-corrected chi connectivity index (χ3v) is 7.88. The van der Waals surface area contributed by atoms with Crippen LogP contribution in [0, 0.1) is 0 Å². The van der Waals surface area contributed by atoms with Crippen LogP contribution < -0.4 is 0 Å². The summed E-state index contributed by atoms with van der Waals surface area (Å²) in [7, 11) is 0. The lowest BCUT2D eigenvalue weighted by Crippen LogP contribution is -2.00. The maximum Gasteiger partial charge on any atom is 0.164 e. The molecule has 2 heterocycles. The highest BCUT2D eigenvalue weighted by atomic mass is 16.3. The lowest BCUT2D eigenvalue weighted by atomic mass is 9.97. The monoisotopic (exact) mass is 584 g/mol. The lowest BCUT2D eigenvalue weighted by molar-refractivity contribution is 0.672. The van der Waals surface area contributed by atoms with Crippen LogP contribution in [-0.4, -0.2) is 15.0 Å². The van der Waals surface area contributed by atoms with Gasteiger partial charge in [-0.05, 0) is 39.4 Å². The zero-order chi connectivity index (χ0) is 37.6. The Bertz CT molecular complexity index is 3030. The summed E-state index contributed by atoms with van der Waals surface area (Å²) in [4.78, 5) is 14.4. The molecule has 0 spiro atoms. The predicted molar refractivity (Wildman–Crippen MR) is 184 cm³/mol. The molecule has 0 saturated carbocycles. The van der Waals surface area contributed by atoms with Gasteiger partial charge in [0, 0.05) is 32.8 Å². The summed E-state index contributed by atoms with van der Waals surface area (Å²) in [6.45, 7) is 0. The van der Waals surface area contributed by atoms with E-state index in [2.05, 4.69) is 24.3 Å². The van der Waals surface area contributed by atoms with E-state index in [1.165, 1.54) is 0 Å². The molecule has 9 rings (SSSR count). The van der Waals surface area contributed by atoms with E-state index in [1.54, 1.807) is 0 Å². The normalized spacial score (nSPS) is 14.4. The number of hydrogen-bond acceptors (Lipinski definition) is 4. The predicted octanol–water partition coefficient (Wildman–Crippen LogP) is 10.7. The van der Waals surface area contributed by atoms with Crippen molar-refractivity contribution in [1.82, 2.24) is 15.0 Å². The molecule has 0 bridgehead atoms. The van der Waals surface area contributed by atoms with Crippen LogP contribution in [0.1, 0.15) is 12.3 Å². The van der Waals surface area contributed by atoms with Crippen molar-refractivity contribution in [2.75, 3.05) is 0 Å². The van der Waals surface area contributed by atoms with Crippen LogP contribution in [-0.2, 0) is 0 Å². The van der Waals surface area contributed by atoms with Crippen LogP contribution in [0.3, 0.4) is 0 Å². The van der Waals surface area contributed by atoms with Crippen LogP contribution >= 0.6 is 0 Å². The summed E-state index contributed by atoms with van der Waals surface area (Å²) in [5, 5.41) is 1.86. The van der Waals surface area contributed by atoms with Gasteiger partial charge in [0.15, 0.2) is 17.5 Å². The van der Waals surface area contributed by atoms with E-state index in [0.29, 0.717) is 11.1 Å². The highest BCUT2D eigenvalue weighted by Gasteiger charge is 2.19. The zero-order valence-electron chi connectivity index (χ0n) is 32.5. The maximum absolute atomic E-state index is 9.16. The van der Waals surface area contributed by atoms with E-state index in [1.807, 2.05) is 72.8 Å². The molecule has 0 saturated heterocycles. The first-order valence-corrected chi connectivity index (χ1v) is 14.3. The van der Waals surface area contributed by atoms with Gasteiger partial charge in [-0.25, -0.2) is 15.0 Å². The first kappa shape index (κ1) is 17.9. The quantitative estimate of drug-likeness (QED) is 0.206. The Morgan fingerprint density at radius 1 is 0.444 bits per heavy atom. The van der Waals surface area contributed by atoms with Gasteiger partial charge in [0.2, 0.25) is 0 Å². The van der Waals surface area contributed by atoms with Gasteiger partial charge in [-0.15, -0.1) is 0 Å². The largest absolute Gasteiger partial charge is 0.455 e. The van der Waals surface area contributed by atoms with Crippen molar-refractivity contribution in [1.29, 1.82) is 0 Å². The first-order valence-electron chi connectivity index (χ1n) is 18.8. The molecule has 0 aliphatic rings. The van der Waals surface area contributed by atoms with Crippen LogP contribution in [0.15, 0.2) is 156 Å². The second-order valence-electron chi connectivity index (χ2n) is 10.5. The average molecular weight is 585 g/mol. The molecular weight excluding hydrogens is 550 g/mol. The summed E-state index contributed by atoms with van der Waals surface area (Å²) in [6.07, 6.45) is 0. The Morgan fingerprint density at radius 2 is 1.16 bits per heavy atom. The van der Waals surface area contributed by atoms with Gasteiger partial charge in [0.1, 0.15) is 11.2 Å². The Morgan fingerprint density at radius 3 is 2.02 bits per heavy atom. The van der Waals surface area contributed by atoms with Crippen LogP contribution in [0.5, 0.6) is 0 Å². The van der Waals surface area contributed by atoms with Crippen molar-refractivity contribution < 1.29 is 16.8 Å². The smallest absolute Gasteiger partial charge is 0.164 e.